The first-order valence-corrected chi connectivity index (χ1v) is 7.58. The number of fused-ring (bicyclic) bond motifs is 1. The van der Waals surface area contributed by atoms with Crippen molar-refractivity contribution in [3.8, 4) is 0 Å². The van der Waals surface area contributed by atoms with Crippen molar-refractivity contribution in [1.29, 1.82) is 0 Å². The van der Waals surface area contributed by atoms with Gasteiger partial charge in [0.2, 0.25) is 5.91 Å². The first-order valence-electron chi connectivity index (χ1n) is 7.58. The molecule has 1 fully saturated rings. The van der Waals surface area contributed by atoms with Crippen LogP contribution >= 0.6 is 0 Å². The summed E-state index contributed by atoms with van der Waals surface area (Å²) in [5.41, 5.74) is 8.19. The van der Waals surface area contributed by atoms with Gasteiger partial charge in [-0.15, -0.1) is 0 Å². The molecule has 0 saturated heterocycles. The number of rotatable bonds is 4. The van der Waals surface area contributed by atoms with Gasteiger partial charge in [0.15, 0.2) is 0 Å². The number of carbonyl (C=O) groups excluding carboxylic acids is 1. The highest BCUT2D eigenvalue weighted by Gasteiger charge is 2.32. The van der Waals surface area contributed by atoms with Crippen LogP contribution in [0, 0.1) is 0 Å². The van der Waals surface area contributed by atoms with Crippen molar-refractivity contribution in [2.45, 2.75) is 44.3 Å². The lowest BCUT2D eigenvalue weighted by Crippen LogP contribution is -2.47. The van der Waals surface area contributed by atoms with Gasteiger partial charge in [-0.05, 0) is 24.0 Å². The summed E-state index contributed by atoms with van der Waals surface area (Å²) < 4.78 is 0. The third kappa shape index (κ3) is 2.72. The van der Waals surface area contributed by atoms with E-state index >= 15 is 0 Å². The van der Waals surface area contributed by atoms with Crippen LogP contribution in [-0.4, -0.2) is 29.9 Å². The standard InChI is InChI=1S/C16H23N3O/c17-16(20)11-19(13-6-2-3-7-13)15-10-18-9-12-5-1-4-8-14(12)15/h1,4-5,8,13,15,18H,2-3,6-7,9-11H2,(H2,17,20). The lowest BCUT2D eigenvalue weighted by atomic mass is 9.94. The average molecular weight is 273 g/mol. The molecule has 1 aromatic carbocycles. The van der Waals surface area contributed by atoms with E-state index in [1.54, 1.807) is 0 Å². The topological polar surface area (TPSA) is 58.4 Å². The van der Waals surface area contributed by atoms with E-state index in [-0.39, 0.29) is 11.9 Å². The zero-order valence-corrected chi connectivity index (χ0v) is 11.8. The molecule has 1 aliphatic heterocycles. The Morgan fingerprint density at radius 2 is 2.05 bits per heavy atom. The quantitative estimate of drug-likeness (QED) is 0.875. The smallest absolute Gasteiger partial charge is 0.231 e. The van der Waals surface area contributed by atoms with E-state index in [1.807, 2.05) is 0 Å². The van der Waals surface area contributed by atoms with E-state index in [0.29, 0.717) is 12.6 Å². The maximum atomic E-state index is 11.5. The van der Waals surface area contributed by atoms with Gasteiger partial charge in [0.1, 0.15) is 0 Å². The van der Waals surface area contributed by atoms with Gasteiger partial charge < -0.3 is 11.1 Å². The van der Waals surface area contributed by atoms with Gasteiger partial charge in [-0.25, -0.2) is 0 Å². The molecule has 1 aromatic rings. The van der Waals surface area contributed by atoms with Crippen LogP contribution in [-0.2, 0) is 11.3 Å². The normalized spacial score (nSPS) is 22.9. The summed E-state index contributed by atoms with van der Waals surface area (Å²) in [4.78, 5) is 13.8. The highest BCUT2D eigenvalue weighted by atomic mass is 16.1. The Balaban J connectivity index is 1.89. The summed E-state index contributed by atoms with van der Waals surface area (Å²) >= 11 is 0. The second-order valence-electron chi connectivity index (χ2n) is 5.92. The van der Waals surface area contributed by atoms with Crippen LogP contribution in [0.5, 0.6) is 0 Å². The van der Waals surface area contributed by atoms with Crippen molar-refractivity contribution in [1.82, 2.24) is 10.2 Å². The van der Waals surface area contributed by atoms with Gasteiger partial charge in [-0.2, -0.15) is 0 Å². The molecule has 0 radical (unpaired) electrons. The summed E-state index contributed by atoms with van der Waals surface area (Å²) in [6.45, 7) is 2.19. The van der Waals surface area contributed by atoms with E-state index in [0.717, 1.165) is 13.1 Å². The third-order valence-corrected chi connectivity index (χ3v) is 4.60. The zero-order valence-electron chi connectivity index (χ0n) is 11.8. The van der Waals surface area contributed by atoms with Gasteiger partial charge >= 0.3 is 0 Å². The Morgan fingerprint density at radius 3 is 2.80 bits per heavy atom. The molecule has 1 amide bonds. The number of primary amides is 1. The van der Waals surface area contributed by atoms with Gasteiger partial charge in [0.05, 0.1) is 6.54 Å². The molecule has 3 N–H and O–H groups in total. The first kappa shape index (κ1) is 13.6. The molecule has 1 aliphatic carbocycles. The Hall–Kier alpha value is -1.39. The summed E-state index contributed by atoms with van der Waals surface area (Å²) in [5.74, 6) is -0.222. The van der Waals surface area contributed by atoms with Crippen LogP contribution in [0.4, 0.5) is 0 Å². The minimum atomic E-state index is -0.222. The number of hydrogen-bond donors (Lipinski definition) is 2. The second-order valence-corrected chi connectivity index (χ2v) is 5.92. The molecule has 1 atom stereocenters. The minimum Gasteiger partial charge on any atom is -0.369 e. The minimum absolute atomic E-state index is 0.222. The highest BCUT2D eigenvalue weighted by Crippen LogP contribution is 2.33. The van der Waals surface area contributed by atoms with Crippen molar-refractivity contribution >= 4 is 5.91 Å². The third-order valence-electron chi connectivity index (χ3n) is 4.60. The number of amides is 1. The summed E-state index contributed by atoms with van der Waals surface area (Å²) in [6.07, 6.45) is 4.90. The van der Waals surface area contributed by atoms with E-state index in [4.69, 9.17) is 5.73 Å². The van der Waals surface area contributed by atoms with E-state index in [9.17, 15) is 4.79 Å². The second kappa shape index (κ2) is 5.94. The van der Waals surface area contributed by atoms with Gasteiger partial charge in [-0.1, -0.05) is 37.1 Å². The largest absolute Gasteiger partial charge is 0.369 e. The molecule has 1 unspecified atom stereocenters. The van der Waals surface area contributed by atoms with Gasteiger partial charge in [-0.3, -0.25) is 9.69 Å². The number of hydrogen-bond acceptors (Lipinski definition) is 3. The molecule has 108 valence electrons. The molecule has 0 aromatic heterocycles. The van der Waals surface area contributed by atoms with Crippen molar-refractivity contribution < 1.29 is 4.79 Å². The van der Waals surface area contributed by atoms with Crippen molar-refractivity contribution in [3.05, 3.63) is 35.4 Å². The molecule has 4 nitrogen and oxygen atoms in total. The van der Waals surface area contributed by atoms with Gasteiger partial charge in [0.25, 0.3) is 0 Å². The Bertz CT molecular complexity index is 482. The highest BCUT2D eigenvalue weighted by molar-refractivity contribution is 5.76. The molecule has 0 bridgehead atoms. The van der Waals surface area contributed by atoms with E-state index < -0.39 is 0 Å². The maximum absolute atomic E-state index is 11.5. The van der Waals surface area contributed by atoms with Crippen LogP contribution < -0.4 is 11.1 Å². The van der Waals surface area contributed by atoms with Crippen molar-refractivity contribution in [3.63, 3.8) is 0 Å². The lowest BCUT2D eigenvalue weighted by Gasteiger charge is -2.39. The fourth-order valence-electron chi connectivity index (χ4n) is 3.68. The lowest BCUT2D eigenvalue weighted by molar-refractivity contribution is -0.120. The Kier molecular flexibility index (Phi) is 4.03. The summed E-state index contributed by atoms with van der Waals surface area (Å²) in [5, 5.41) is 3.47. The number of nitrogens with one attached hydrogen (secondary N) is 1. The Labute approximate surface area is 120 Å². The Morgan fingerprint density at radius 1 is 1.30 bits per heavy atom. The van der Waals surface area contributed by atoms with Crippen LogP contribution in [0.15, 0.2) is 24.3 Å². The van der Waals surface area contributed by atoms with Gasteiger partial charge in [0, 0.05) is 25.2 Å². The number of carbonyl (C=O) groups is 1. The van der Waals surface area contributed by atoms with E-state index in [1.165, 1.54) is 36.8 Å². The molecule has 0 spiro atoms. The molecule has 3 rings (SSSR count). The SMILES string of the molecule is NC(=O)CN(C1CCCC1)C1CNCc2ccccc21. The fraction of sp³-hybridized carbons (Fsp3) is 0.562. The molecular formula is C16H23N3O. The summed E-state index contributed by atoms with van der Waals surface area (Å²) in [6, 6.07) is 9.32. The molecule has 20 heavy (non-hydrogen) atoms. The molecule has 1 heterocycles. The van der Waals surface area contributed by atoms with Crippen LogP contribution in [0.1, 0.15) is 42.9 Å². The predicted molar refractivity (Wildman–Crippen MR) is 79.0 cm³/mol. The van der Waals surface area contributed by atoms with E-state index in [2.05, 4.69) is 34.5 Å². The van der Waals surface area contributed by atoms with Crippen molar-refractivity contribution in [2.75, 3.05) is 13.1 Å². The molecule has 2 aliphatic rings. The summed E-state index contributed by atoms with van der Waals surface area (Å²) in [7, 11) is 0. The first-order chi connectivity index (χ1) is 9.75. The number of benzene rings is 1. The molecule has 4 heteroatoms. The fourth-order valence-corrected chi connectivity index (χ4v) is 3.68. The molecular weight excluding hydrogens is 250 g/mol. The number of nitrogens with zero attached hydrogens (tertiary/aromatic N) is 1. The van der Waals surface area contributed by atoms with Crippen LogP contribution in [0.3, 0.4) is 0 Å². The van der Waals surface area contributed by atoms with Crippen molar-refractivity contribution in [2.24, 2.45) is 5.73 Å². The number of nitrogens with two attached hydrogens (primary N) is 1. The zero-order chi connectivity index (χ0) is 13.9. The average Bonchev–Trinajstić information content (AvgIpc) is 2.98. The van der Waals surface area contributed by atoms with Crippen LogP contribution in [0.2, 0.25) is 0 Å². The maximum Gasteiger partial charge on any atom is 0.231 e. The predicted octanol–water partition coefficient (Wildman–Crippen LogP) is 1.56. The van der Waals surface area contributed by atoms with Crippen LogP contribution in [0.25, 0.3) is 0 Å². The monoisotopic (exact) mass is 273 g/mol. The molecule has 1 saturated carbocycles.